The smallest absolute Gasteiger partial charge is 0.411 e. The molecule has 6 heteroatoms. The molecule has 0 saturated carbocycles. The minimum Gasteiger partial charge on any atom is -0.465 e. The first-order valence-electron chi connectivity index (χ1n) is 8.77. The predicted molar refractivity (Wildman–Crippen MR) is 96.8 cm³/mol. The van der Waals surface area contributed by atoms with E-state index in [0.717, 1.165) is 11.1 Å². The van der Waals surface area contributed by atoms with Crippen LogP contribution in [0.2, 0.25) is 0 Å². The van der Waals surface area contributed by atoms with Crippen molar-refractivity contribution in [1.82, 2.24) is 4.90 Å². The quantitative estimate of drug-likeness (QED) is 0.759. The van der Waals surface area contributed by atoms with Crippen molar-refractivity contribution in [2.75, 3.05) is 20.3 Å². The molecule has 3 rings (SSSR count). The van der Waals surface area contributed by atoms with Crippen LogP contribution in [0.3, 0.4) is 0 Å². The molecule has 0 aromatic heterocycles. The maximum Gasteiger partial charge on any atom is 0.411 e. The second kappa shape index (κ2) is 7.11. The molecule has 2 heterocycles. The average Bonchev–Trinajstić information content (AvgIpc) is 2.58. The molecule has 0 aliphatic carbocycles. The zero-order chi connectivity index (χ0) is 18.9. The molecule has 0 N–H and O–H groups in total. The van der Waals surface area contributed by atoms with Gasteiger partial charge in [0, 0.05) is 0 Å². The molecule has 1 fully saturated rings. The van der Waals surface area contributed by atoms with Crippen LogP contribution in [0.1, 0.15) is 43.1 Å². The van der Waals surface area contributed by atoms with Crippen molar-refractivity contribution < 1.29 is 23.8 Å². The van der Waals surface area contributed by atoms with Gasteiger partial charge in [0.05, 0.1) is 38.0 Å². The number of rotatable bonds is 2. The number of hydrogen-bond donors (Lipinski definition) is 0. The Morgan fingerprint density at radius 1 is 1.23 bits per heavy atom. The Morgan fingerprint density at radius 2 is 2.00 bits per heavy atom. The average molecular weight is 359 g/mol. The van der Waals surface area contributed by atoms with E-state index in [1.807, 2.05) is 45.0 Å². The summed E-state index contributed by atoms with van der Waals surface area (Å²) in [5, 5.41) is 0. The van der Waals surface area contributed by atoms with Crippen LogP contribution >= 0.6 is 0 Å². The molecule has 1 amide bonds. The number of hydrogen-bond acceptors (Lipinski definition) is 5. The van der Waals surface area contributed by atoms with Gasteiger partial charge in [-0.2, -0.15) is 0 Å². The summed E-state index contributed by atoms with van der Waals surface area (Å²) in [6, 6.07) is 7.12. The van der Waals surface area contributed by atoms with Crippen molar-refractivity contribution >= 4 is 17.6 Å². The molecule has 6 nitrogen and oxygen atoms in total. The van der Waals surface area contributed by atoms with Crippen LogP contribution < -0.4 is 0 Å². The van der Waals surface area contributed by atoms with E-state index < -0.39 is 5.60 Å². The summed E-state index contributed by atoms with van der Waals surface area (Å²) in [5.74, 6) is -0.359. The maximum atomic E-state index is 12.6. The fourth-order valence-corrected chi connectivity index (χ4v) is 3.37. The van der Waals surface area contributed by atoms with Crippen LogP contribution in [0.5, 0.6) is 0 Å². The third-order valence-electron chi connectivity index (χ3n) is 4.46. The Bertz CT molecular complexity index is 734. The number of carbonyl (C=O) groups is 2. The predicted octanol–water partition coefficient (Wildman–Crippen LogP) is 3.26. The van der Waals surface area contributed by atoms with Crippen LogP contribution in [0.15, 0.2) is 30.3 Å². The summed E-state index contributed by atoms with van der Waals surface area (Å²) in [5.41, 5.74) is 2.05. The van der Waals surface area contributed by atoms with E-state index in [1.54, 1.807) is 11.0 Å². The molecule has 0 spiro atoms. The summed E-state index contributed by atoms with van der Waals surface area (Å²) in [6.07, 6.45) is 2.38. The number of benzene rings is 1. The first kappa shape index (κ1) is 18.5. The van der Waals surface area contributed by atoms with Gasteiger partial charge in [-0.1, -0.05) is 18.2 Å². The number of fused-ring (bicyclic) bond motifs is 2. The summed E-state index contributed by atoms with van der Waals surface area (Å²) in [7, 11) is 1.37. The lowest BCUT2D eigenvalue weighted by molar-refractivity contribution is -0.0510. The van der Waals surface area contributed by atoms with Crippen molar-refractivity contribution in [1.29, 1.82) is 0 Å². The standard InChI is InChI=1S/C20H25NO5/c1-20(2,3)26-19(23)21-16-9-15(10-17(21)12-25-11-16)13-6-5-7-14(8-13)18(22)24-4/h5-9,16-17H,10-12H2,1-4H3. The van der Waals surface area contributed by atoms with E-state index in [-0.39, 0.29) is 24.1 Å². The molecule has 2 aliphatic rings. The molecule has 2 unspecified atom stereocenters. The summed E-state index contributed by atoms with van der Waals surface area (Å²) >= 11 is 0. The monoisotopic (exact) mass is 359 g/mol. The highest BCUT2D eigenvalue weighted by Gasteiger charge is 2.40. The molecule has 0 radical (unpaired) electrons. The molecule has 1 aromatic rings. The second-order valence-corrected chi connectivity index (χ2v) is 7.61. The molecule has 2 aliphatic heterocycles. The van der Waals surface area contributed by atoms with Gasteiger partial charge in [0.1, 0.15) is 5.60 Å². The van der Waals surface area contributed by atoms with Crippen molar-refractivity contribution in [3.05, 3.63) is 41.5 Å². The molecule has 1 aromatic carbocycles. The molecular weight excluding hydrogens is 334 g/mol. The minimum absolute atomic E-state index is 0.0783. The largest absolute Gasteiger partial charge is 0.465 e. The van der Waals surface area contributed by atoms with Gasteiger partial charge in [0.25, 0.3) is 0 Å². The van der Waals surface area contributed by atoms with Gasteiger partial charge >= 0.3 is 12.1 Å². The highest BCUT2D eigenvalue weighted by molar-refractivity contribution is 5.90. The SMILES string of the molecule is COC(=O)c1cccc(C2=CC3COCC(C2)N3C(=O)OC(C)(C)C)c1. The lowest BCUT2D eigenvalue weighted by Gasteiger charge is -2.44. The Labute approximate surface area is 153 Å². The van der Waals surface area contributed by atoms with Crippen LogP contribution in [0.25, 0.3) is 5.57 Å². The lowest BCUT2D eigenvalue weighted by Crippen LogP contribution is -2.57. The minimum atomic E-state index is -0.537. The topological polar surface area (TPSA) is 65.1 Å². The van der Waals surface area contributed by atoms with Gasteiger partial charge < -0.3 is 14.2 Å². The third-order valence-corrected chi connectivity index (χ3v) is 4.46. The van der Waals surface area contributed by atoms with E-state index in [2.05, 4.69) is 0 Å². The number of amides is 1. The number of morpholine rings is 1. The van der Waals surface area contributed by atoms with Gasteiger partial charge in [-0.3, -0.25) is 4.90 Å². The van der Waals surface area contributed by atoms with E-state index in [4.69, 9.17) is 14.2 Å². The van der Waals surface area contributed by atoms with Crippen LogP contribution in [-0.4, -0.2) is 55.0 Å². The van der Waals surface area contributed by atoms with Crippen molar-refractivity contribution in [2.24, 2.45) is 0 Å². The van der Waals surface area contributed by atoms with Crippen LogP contribution in [0, 0.1) is 0 Å². The van der Waals surface area contributed by atoms with E-state index in [9.17, 15) is 9.59 Å². The maximum absolute atomic E-state index is 12.6. The summed E-state index contributed by atoms with van der Waals surface area (Å²) in [4.78, 5) is 26.2. The summed E-state index contributed by atoms with van der Waals surface area (Å²) in [6.45, 7) is 6.50. The van der Waals surface area contributed by atoms with E-state index in [0.29, 0.717) is 25.2 Å². The second-order valence-electron chi connectivity index (χ2n) is 7.61. The number of esters is 1. The third kappa shape index (κ3) is 3.90. The Kier molecular flexibility index (Phi) is 5.05. The highest BCUT2D eigenvalue weighted by atomic mass is 16.6. The van der Waals surface area contributed by atoms with Gasteiger partial charge in [0.15, 0.2) is 0 Å². The van der Waals surface area contributed by atoms with Crippen LogP contribution in [0.4, 0.5) is 4.79 Å². The highest BCUT2D eigenvalue weighted by Crippen LogP contribution is 2.33. The van der Waals surface area contributed by atoms with Crippen molar-refractivity contribution in [3.63, 3.8) is 0 Å². The molecule has 2 bridgehead atoms. The first-order valence-corrected chi connectivity index (χ1v) is 8.77. The number of nitrogens with zero attached hydrogens (tertiary/aromatic N) is 1. The van der Waals surface area contributed by atoms with Gasteiger partial charge in [-0.25, -0.2) is 9.59 Å². The van der Waals surface area contributed by atoms with E-state index >= 15 is 0 Å². The van der Waals surface area contributed by atoms with Crippen molar-refractivity contribution in [2.45, 2.75) is 44.9 Å². The fourth-order valence-electron chi connectivity index (χ4n) is 3.37. The van der Waals surface area contributed by atoms with Gasteiger partial charge in [0.2, 0.25) is 0 Å². The molecule has 140 valence electrons. The molecule has 26 heavy (non-hydrogen) atoms. The first-order chi connectivity index (χ1) is 12.3. The molecular formula is C20H25NO5. The zero-order valence-corrected chi connectivity index (χ0v) is 15.7. The fraction of sp³-hybridized carbons (Fsp3) is 0.500. The Morgan fingerprint density at radius 3 is 2.65 bits per heavy atom. The van der Waals surface area contributed by atoms with Gasteiger partial charge in [-0.05, 0) is 50.5 Å². The zero-order valence-electron chi connectivity index (χ0n) is 15.7. The summed E-state index contributed by atoms with van der Waals surface area (Å²) < 4.78 is 16.0. The number of carbonyl (C=O) groups excluding carboxylic acids is 2. The lowest BCUT2D eigenvalue weighted by atomic mass is 9.89. The Balaban J connectivity index is 1.86. The van der Waals surface area contributed by atoms with Crippen molar-refractivity contribution in [3.8, 4) is 0 Å². The molecule has 2 atom stereocenters. The van der Waals surface area contributed by atoms with Gasteiger partial charge in [-0.15, -0.1) is 0 Å². The number of methoxy groups -OCH3 is 1. The Hall–Kier alpha value is -2.34. The number of ether oxygens (including phenoxy) is 3. The van der Waals surface area contributed by atoms with Crippen LogP contribution in [-0.2, 0) is 14.2 Å². The molecule has 1 saturated heterocycles. The van der Waals surface area contributed by atoms with E-state index in [1.165, 1.54) is 7.11 Å². The normalized spacial score (nSPS) is 22.5.